The van der Waals surface area contributed by atoms with Crippen LogP contribution in [0.15, 0.2) is 54.6 Å². The highest BCUT2D eigenvalue weighted by atomic mass is 35.5. The molecule has 1 heterocycles. The van der Waals surface area contributed by atoms with Crippen LogP contribution in [0.3, 0.4) is 0 Å². The Morgan fingerprint density at radius 2 is 1.33 bits per heavy atom. The predicted molar refractivity (Wildman–Crippen MR) is 117 cm³/mol. The SMILES string of the molecule is ClCCCCCCCCCCn1c(Cc2ccccc2)nc2ccccc21. The highest BCUT2D eigenvalue weighted by Crippen LogP contribution is 2.20. The molecule has 0 amide bonds. The topological polar surface area (TPSA) is 17.8 Å². The molecule has 0 fully saturated rings. The van der Waals surface area contributed by atoms with Gasteiger partial charge in [-0.1, -0.05) is 81.0 Å². The Labute approximate surface area is 168 Å². The molecular formula is C24H31ClN2. The fraction of sp³-hybridized carbons (Fsp3) is 0.458. The van der Waals surface area contributed by atoms with E-state index in [1.165, 1.54) is 68.3 Å². The van der Waals surface area contributed by atoms with Crippen LogP contribution in [0.5, 0.6) is 0 Å². The lowest BCUT2D eigenvalue weighted by atomic mass is 10.1. The third kappa shape index (κ3) is 6.10. The minimum atomic E-state index is 0.810. The summed E-state index contributed by atoms with van der Waals surface area (Å²) < 4.78 is 2.43. The van der Waals surface area contributed by atoms with E-state index >= 15 is 0 Å². The molecule has 0 saturated heterocycles. The molecule has 27 heavy (non-hydrogen) atoms. The monoisotopic (exact) mass is 382 g/mol. The van der Waals surface area contributed by atoms with Gasteiger partial charge >= 0.3 is 0 Å². The van der Waals surface area contributed by atoms with E-state index in [4.69, 9.17) is 16.6 Å². The van der Waals surface area contributed by atoms with Crippen molar-refractivity contribution >= 4 is 22.6 Å². The lowest BCUT2D eigenvalue weighted by Gasteiger charge is -2.10. The van der Waals surface area contributed by atoms with Crippen LogP contribution in [0.25, 0.3) is 11.0 Å². The van der Waals surface area contributed by atoms with Gasteiger partial charge in [-0.05, 0) is 30.5 Å². The third-order valence-electron chi connectivity index (χ3n) is 5.20. The average Bonchev–Trinajstić information content (AvgIpc) is 3.04. The number of fused-ring (bicyclic) bond motifs is 1. The number of aromatic nitrogens is 2. The second kappa shape index (κ2) is 11.1. The van der Waals surface area contributed by atoms with Gasteiger partial charge in [0.1, 0.15) is 5.82 Å². The number of benzene rings is 2. The molecular weight excluding hydrogens is 352 g/mol. The van der Waals surface area contributed by atoms with Gasteiger partial charge in [-0.25, -0.2) is 4.98 Å². The first-order valence-electron chi connectivity index (χ1n) is 10.4. The summed E-state index contributed by atoms with van der Waals surface area (Å²) in [6, 6.07) is 19.2. The maximum atomic E-state index is 5.73. The average molecular weight is 383 g/mol. The van der Waals surface area contributed by atoms with E-state index in [0.29, 0.717) is 0 Å². The Balaban J connectivity index is 1.54. The maximum Gasteiger partial charge on any atom is 0.114 e. The maximum absolute atomic E-state index is 5.73. The van der Waals surface area contributed by atoms with Gasteiger partial charge in [-0.2, -0.15) is 0 Å². The molecule has 0 aliphatic carbocycles. The summed E-state index contributed by atoms with van der Waals surface area (Å²) in [5.41, 5.74) is 3.71. The minimum Gasteiger partial charge on any atom is -0.328 e. The third-order valence-corrected chi connectivity index (χ3v) is 5.47. The Bertz CT molecular complexity index is 795. The van der Waals surface area contributed by atoms with Gasteiger partial charge in [0.05, 0.1) is 11.0 Å². The van der Waals surface area contributed by atoms with Crippen LogP contribution in [0.2, 0.25) is 0 Å². The zero-order chi connectivity index (χ0) is 18.7. The molecule has 0 N–H and O–H groups in total. The number of imidazole rings is 1. The first-order chi connectivity index (χ1) is 13.4. The molecule has 3 rings (SSSR count). The molecule has 3 aromatic rings. The van der Waals surface area contributed by atoms with Gasteiger partial charge in [0.2, 0.25) is 0 Å². The summed E-state index contributed by atoms with van der Waals surface area (Å²) in [6.07, 6.45) is 11.2. The van der Waals surface area contributed by atoms with Crippen LogP contribution in [0.4, 0.5) is 0 Å². The van der Waals surface area contributed by atoms with Crippen molar-refractivity contribution in [2.75, 3.05) is 5.88 Å². The minimum absolute atomic E-state index is 0.810. The number of nitrogens with zero attached hydrogens (tertiary/aromatic N) is 2. The van der Waals surface area contributed by atoms with Crippen molar-refractivity contribution in [1.82, 2.24) is 9.55 Å². The zero-order valence-corrected chi connectivity index (χ0v) is 17.0. The van der Waals surface area contributed by atoms with Crippen LogP contribution in [0, 0.1) is 0 Å². The van der Waals surface area contributed by atoms with Crippen molar-refractivity contribution < 1.29 is 0 Å². The van der Waals surface area contributed by atoms with E-state index in [0.717, 1.165) is 24.4 Å². The normalized spacial score (nSPS) is 11.3. The number of alkyl halides is 1. The smallest absolute Gasteiger partial charge is 0.114 e. The number of hydrogen-bond donors (Lipinski definition) is 0. The summed E-state index contributed by atoms with van der Waals surface area (Å²) in [6.45, 7) is 1.06. The van der Waals surface area contributed by atoms with Crippen LogP contribution in [-0.2, 0) is 13.0 Å². The van der Waals surface area contributed by atoms with Crippen molar-refractivity contribution in [3.05, 3.63) is 66.0 Å². The van der Waals surface area contributed by atoms with Gasteiger partial charge < -0.3 is 4.57 Å². The van der Waals surface area contributed by atoms with E-state index in [1.54, 1.807) is 0 Å². The summed E-state index contributed by atoms with van der Waals surface area (Å²) in [5, 5.41) is 0. The Morgan fingerprint density at radius 3 is 2.07 bits per heavy atom. The van der Waals surface area contributed by atoms with Crippen molar-refractivity contribution in [1.29, 1.82) is 0 Å². The molecule has 0 spiro atoms. The molecule has 0 aliphatic rings. The summed E-state index contributed by atoms with van der Waals surface area (Å²) in [4.78, 5) is 4.92. The summed E-state index contributed by atoms with van der Waals surface area (Å²) in [5.74, 6) is 1.99. The van der Waals surface area contributed by atoms with Crippen molar-refractivity contribution in [3.63, 3.8) is 0 Å². The first-order valence-corrected chi connectivity index (χ1v) is 11.0. The van der Waals surface area contributed by atoms with E-state index in [1.807, 2.05) is 0 Å². The standard InChI is InChI=1S/C24H31ClN2/c25-18-12-5-3-1-2-4-6-13-19-27-23-17-11-10-16-22(23)26-24(27)20-21-14-8-7-9-15-21/h7-11,14-17H,1-6,12-13,18-20H2. The second-order valence-electron chi connectivity index (χ2n) is 7.35. The number of halogens is 1. The van der Waals surface area contributed by atoms with Crippen LogP contribution < -0.4 is 0 Å². The lowest BCUT2D eigenvalue weighted by Crippen LogP contribution is -2.05. The van der Waals surface area contributed by atoms with Gasteiger partial charge in [0, 0.05) is 18.8 Å². The van der Waals surface area contributed by atoms with E-state index in [2.05, 4.69) is 59.2 Å². The highest BCUT2D eigenvalue weighted by Gasteiger charge is 2.10. The zero-order valence-electron chi connectivity index (χ0n) is 16.2. The van der Waals surface area contributed by atoms with E-state index in [9.17, 15) is 0 Å². The van der Waals surface area contributed by atoms with Crippen LogP contribution >= 0.6 is 11.6 Å². The first kappa shape index (κ1) is 19.9. The molecule has 0 bridgehead atoms. The molecule has 144 valence electrons. The molecule has 0 saturated carbocycles. The second-order valence-corrected chi connectivity index (χ2v) is 7.73. The van der Waals surface area contributed by atoms with Gasteiger partial charge in [-0.3, -0.25) is 0 Å². The fourth-order valence-electron chi connectivity index (χ4n) is 3.71. The van der Waals surface area contributed by atoms with Crippen molar-refractivity contribution in [2.45, 2.75) is 64.3 Å². The highest BCUT2D eigenvalue weighted by molar-refractivity contribution is 6.17. The number of aryl methyl sites for hydroxylation is 1. The predicted octanol–water partition coefficient (Wildman–Crippen LogP) is 6.99. The molecule has 2 nitrogen and oxygen atoms in total. The molecule has 0 atom stereocenters. The van der Waals surface area contributed by atoms with Crippen LogP contribution in [-0.4, -0.2) is 15.4 Å². The molecule has 0 unspecified atom stereocenters. The number of unbranched alkanes of at least 4 members (excludes halogenated alkanes) is 7. The summed E-state index contributed by atoms with van der Waals surface area (Å²) in [7, 11) is 0. The molecule has 2 aromatic carbocycles. The largest absolute Gasteiger partial charge is 0.328 e. The van der Waals surface area contributed by atoms with Crippen molar-refractivity contribution in [2.24, 2.45) is 0 Å². The molecule has 3 heteroatoms. The van der Waals surface area contributed by atoms with E-state index in [-0.39, 0.29) is 0 Å². The van der Waals surface area contributed by atoms with Gasteiger partial charge in [-0.15, -0.1) is 11.6 Å². The van der Waals surface area contributed by atoms with E-state index < -0.39 is 0 Å². The number of para-hydroxylation sites is 2. The Morgan fingerprint density at radius 1 is 0.704 bits per heavy atom. The number of rotatable bonds is 12. The summed E-state index contributed by atoms with van der Waals surface area (Å²) >= 11 is 5.73. The van der Waals surface area contributed by atoms with Gasteiger partial charge in [0.25, 0.3) is 0 Å². The van der Waals surface area contributed by atoms with Crippen LogP contribution in [0.1, 0.15) is 62.8 Å². The number of hydrogen-bond acceptors (Lipinski definition) is 1. The molecule has 0 aliphatic heterocycles. The lowest BCUT2D eigenvalue weighted by molar-refractivity contribution is 0.542. The Kier molecular flexibility index (Phi) is 8.23. The quantitative estimate of drug-likeness (QED) is 0.244. The molecule has 0 radical (unpaired) electrons. The van der Waals surface area contributed by atoms with Crippen molar-refractivity contribution in [3.8, 4) is 0 Å². The van der Waals surface area contributed by atoms with Gasteiger partial charge in [0.15, 0.2) is 0 Å². The fourth-order valence-corrected chi connectivity index (χ4v) is 3.90. The Hall–Kier alpha value is -1.80. The molecule has 1 aromatic heterocycles.